The molecule has 0 bridgehead atoms. The molecule has 3 N–H and O–H groups in total. The van der Waals surface area contributed by atoms with E-state index in [1.807, 2.05) is 0 Å². The number of aliphatic carboxylic acids is 1. The third-order valence-corrected chi connectivity index (χ3v) is 10.8. The first-order valence-electron chi connectivity index (χ1n) is 12.8. The zero-order valence-corrected chi connectivity index (χ0v) is 19.4. The summed E-state index contributed by atoms with van der Waals surface area (Å²) in [6.45, 7) is 7.22. The second-order valence-corrected chi connectivity index (χ2v) is 12.0. The Balaban J connectivity index is 1.48. The number of carboxylic acids is 1. The molecule has 0 aromatic heterocycles. The Bertz CT molecular complexity index is 635. The lowest BCUT2D eigenvalue weighted by molar-refractivity contribution is -0.174. The van der Waals surface area contributed by atoms with Crippen molar-refractivity contribution < 1.29 is 20.1 Å². The third-order valence-electron chi connectivity index (χ3n) is 10.8. The van der Waals surface area contributed by atoms with Crippen molar-refractivity contribution in [1.82, 2.24) is 0 Å². The predicted molar refractivity (Wildman–Crippen MR) is 118 cm³/mol. The fourth-order valence-corrected chi connectivity index (χ4v) is 9.10. The van der Waals surface area contributed by atoms with Crippen LogP contribution in [0.3, 0.4) is 0 Å². The number of hydrogen-bond acceptors (Lipinski definition) is 3. The van der Waals surface area contributed by atoms with E-state index in [0.717, 1.165) is 50.9 Å². The van der Waals surface area contributed by atoms with Gasteiger partial charge in [-0.3, -0.25) is 4.79 Å². The summed E-state index contributed by atoms with van der Waals surface area (Å²) in [6.07, 6.45) is 11.8. The van der Waals surface area contributed by atoms with Gasteiger partial charge in [0, 0.05) is 6.42 Å². The van der Waals surface area contributed by atoms with Gasteiger partial charge in [0.15, 0.2) is 0 Å². The molecule has 4 fully saturated rings. The van der Waals surface area contributed by atoms with Gasteiger partial charge >= 0.3 is 5.97 Å². The minimum Gasteiger partial charge on any atom is -0.481 e. The molecule has 0 saturated heterocycles. The van der Waals surface area contributed by atoms with Crippen molar-refractivity contribution in [3.63, 3.8) is 0 Å². The van der Waals surface area contributed by atoms with E-state index in [-0.39, 0.29) is 24.0 Å². The SMILES string of the molecule is C[C@H](CCCCC(=O)O)[C@H]1CC[C@H]2[C@@H]3CC[C@@H]4C[C@H](O)CC[C@]4(C)[C@H]3C[C@H](O)[C@]12C. The summed E-state index contributed by atoms with van der Waals surface area (Å²) in [4.78, 5) is 10.8. The molecule has 4 aliphatic rings. The highest BCUT2D eigenvalue weighted by Gasteiger charge is 2.63. The molecule has 4 nitrogen and oxygen atoms in total. The first-order chi connectivity index (χ1) is 14.2. The van der Waals surface area contributed by atoms with Crippen LogP contribution < -0.4 is 0 Å². The predicted octanol–water partition coefficient (Wildman–Crippen LogP) is 5.26. The standard InChI is InChI=1S/C26H44O4/c1-16(6-4-5-7-24(29)30)20-10-11-21-19-9-8-17-14-18(27)12-13-25(17,2)22(19)15-23(28)26(20,21)3/h16-23,27-28H,4-15H2,1-3H3,(H,29,30)/t16-,17-,18-,19+,20-,21+,22+,23+,25+,26-/m1/s1. The second-order valence-electron chi connectivity index (χ2n) is 12.0. The average molecular weight is 421 g/mol. The Hall–Kier alpha value is -0.610. The number of fused-ring (bicyclic) bond motifs is 5. The quantitative estimate of drug-likeness (QED) is 0.512. The fraction of sp³-hybridized carbons (Fsp3) is 0.962. The normalized spacial score (nSPS) is 49.0. The highest BCUT2D eigenvalue weighted by molar-refractivity contribution is 5.66. The average Bonchev–Trinajstić information content (AvgIpc) is 3.05. The molecule has 0 spiro atoms. The van der Waals surface area contributed by atoms with Crippen LogP contribution >= 0.6 is 0 Å². The zero-order valence-electron chi connectivity index (χ0n) is 19.4. The van der Waals surface area contributed by atoms with Gasteiger partial charge < -0.3 is 15.3 Å². The van der Waals surface area contributed by atoms with Gasteiger partial charge in [0.1, 0.15) is 0 Å². The fourth-order valence-electron chi connectivity index (χ4n) is 9.10. The number of carboxylic acid groups (broad SMARTS) is 1. The van der Waals surface area contributed by atoms with E-state index in [9.17, 15) is 15.0 Å². The molecular weight excluding hydrogens is 376 g/mol. The van der Waals surface area contributed by atoms with E-state index in [1.54, 1.807) is 0 Å². The molecule has 30 heavy (non-hydrogen) atoms. The number of aliphatic hydroxyl groups is 2. The maximum Gasteiger partial charge on any atom is 0.303 e. The van der Waals surface area contributed by atoms with Crippen LogP contribution in [0.1, 0.15) is 97.8 Å². The van der Waals surface area contributed by atoms with Crippen LogP contribution in [0, 0.1) is 46.3 Å². The van der Waals surface area contributed by atoms with Gasteiger partial charge in [-0.15, -0.1) is 0 Å². The van der Waals surface area contributed by atoms with Gasteiger partial charge in [0.25, 0.3) is 0 Å². The molecule has 0 unspecified atom stereocenters. The second kappa shape index (κ2) is 8.39. The molecule has 0 radical (unpaired) electrons. The number of hydrogen-bond donors (Lipinski definition) is 3. The molecule has 0 aromatic carbocycles. The highest BCUT2D eigenvalue weighted by atomic mass is 16.4. The lowest BCUT2D eigenvalue weighted by Crippen LogP contribution is -2.58. The summed E-state index contributed by atoms with van der Waals surface area (Å²) >= 11 is 0. The van der Waals surface area contributed by atoms with E-state index < -0.39 is 5.97 Å². The van der Waals surface area contributed by atoms with Crippen molar-refractivity contribution in [3.05, 3.63) is 0 Å². The minimum atomic E-state index is -0.691. The van der Waals surface area contributed by atoms with E-state index in [2.05, 4.69) is 20.8 Å². The molecule has 10 atom stereocenters. The summed E-state index contributed by atoms with van der Waals surface area (Å²) < 4.78 is 0. The summed E-state index contributed by atoms with van der Waals surface area (Å²) in [5.41, 5.74) is 0.315. The monoisotopic (exact) mass is 420 g/mol. The van der Waals surface area contributed by atoms with Crippen LogP contribution in [-0.4, -0.2) is 33.5 Å². The van der Waals surface area contributed by atoms with Crippen LogP contribution in [-0.2, 0) is 4.79 Å². The Morgan fingerprint density at radius 1 is 1.00 bits per heavy atom. The van der Waals surface area contributed by atoms with Crippen molar-refractivity contribution in [1.29, 1.82) is 0 Å². The van der Waals surface area contributed by atoms with Gasteiger partial charge in [0.2, 0.25) is 0 Å². The number of rotatable bonds is 6. The Morgan fingerprint density at radius 2 is 1.77 bits per heavy atom. The van der Waals surface area contributed by atoms with Gasteiger partial charge in [0.05, 0.1) is 12.2 Å². The van der Waals surface area contributed by atoms with Gasteiger partial charge in [-0.05, 0) is 104 Å². The van der Waals surface area contributed by atoms with Crippen LogP contribution in [0.4, 0.5) is 0 Å². The smallest absolute Gasteiger partial charge is 0.303 e. The van der Waals surface area contributed by atoms with Gasteiger partial charge in [-0.2, -0.15) is 0 Å². The van der Waals surface area contributed by atoms with Crippen LogP contribution in [0.5, 0.6) is 0 Å². The number of unbranched alkanes of at least 4 members (excludes halogenated alkanes) is 1. The molecule has 4 heteroatoms. The third kappa shape index (κ3) is 3.64. The highest BCUT2D eigenvalue weighted by Crippen LogP contribution is 2.68. The van der Waals surface area contributed by atoms with E-state index in [0.29, 0.717) is 35.0 Å². The largest absolute Gasteiger partial charge is 0.481 e. The van der Waals surface area contributed by atoms with Crippen LogP contribution in [0.2, 0.25) is 0 Å². The number of aliphatic hydroxyl groups excluding tert-OH is 2. The summed E-state index contributed by atoms with van der Waals surface area (Å²) in [6, 6.07) is 0. The van der Waals surface area contributed by atoms with Gasteiger partial charge in [-0.25, -0.2) is 0 Å². The van der Waals surface area contributed by atoms with Crippen molar-refractivity contribution in [2.24, 2.45) is 46.3 Å². The maximum absolute atomic E-state index is 11.6. The maximum atomic E-state index is 11.6. The van der Waals surface area contributed by atoms with Crippen molar-refractivity contribution in [2.45, 2.75) is 110 Å². The molecule has 4 aliphatic carbocycles. The van der Waals surface area contributed by atoms with Gasteiger partial charge in [-0.1, -0.05) is 33.6 Å². The Morgan fingerprint density at radius 3 is 2.50 bits per heavy atom. The molecule has 0 aromatic rings. The van der Waals surface area contributed by atoms with Crippen molar-refractivity contribution in [2.75, 3.05) is 0 Å². The Labute approximate surface area is 182 Å². The number of carbonyl (C=O) groups is 1. The van der Waals surface area contributed by atoms with Crippen molar-refractivity contribution in [3.8, 4) is 0 Å². The molecule has 172 valence electrons. The topological polar surface area (TPSA) is 77.8 Å². The minimum absolute atomic E-state index is 0.0186. The molecular formula is C26H44O4. The Kier molecular flexibility index (Phi) is 6.31. The lowest BCUT2D eigenvalue weighted by atomic mass is 9.43. The lowest BCUT2D eigenvalue weighted by Gasteiger charge is -2.62. The summed E-state index contributed by atoms with van der Waals surface area (Å²) in [5.74, 6) is 3.02. The van der Waals surface area contributed by atoms with E-state index >= 15 is 0 Å². The first-order valence-corrected chi connectivity index (χ1v) is 12.8. The summed E-state index contributed by atoms with van der Waals surface area (Å²) in [5, 5.41) is 30.7. The zero-order chi connectivity index (χ0) is 21.7. The molecule has 0 amide bonds. The van der Waals surface area contributed by atoms with Crippen LogP contribution in [0.25, 0.3) is 0 Å². The summed E-state index contributed by atoms with van der Waals surface area (Å²) in [7, 11) is 0. The molecule has 4 rings (SSSR count). The first kappa shape index (κ1) is 22.6. The van der Waals surface area contributed by atoms with E-state index in [1.165, 1.54) is 25.7 Å². The van der Waals surface area contributed by atoms with Crippen molar-refractivity contribution >= 4 is 5.97 Å². The molecule has 4 saturated carbocycles. The van der Waals surface area contributed by atoms with E-state index in [4.69, 9.17) is 5.11 Å². The van der Waals surface area contributed by atoms with Crippen LogP contribution in [0.15, 0.2) is 0 Å². The molecule has 0 aliphatic heterocycles. The molecule has 0 heterocycles.